The summed E-state index contributed by atoms with van der Waals surface area (Å²) in [5.74, 6) is -0.767. The van der Waals surface area contributed by atoms with Crippen LogP contribution in [0.15, 0.2) is 24.3 Å². The lowest BCUT2D eigenvalue weighted by molar-refractivity contribution is -0.144. The van der Waals surface area contributed by atoms with Gasteiger partial charge in [-0.05, 0) is 11.1 Å². The Bertz CT molecular complexity index is 436. The van der Waals surface area contributed by atoms with Gasteiger partial charge in [-0.25, -0.2) is 0 Å². The summed E-state index contributed by atoms with van der Waals surface area (Å²) < 4.78 is 5.18. The van der Waals surface area contributed by atoms with Crippen LogP contribution in [0.2, 0.25) is 0 Å². The summed E-state index contributed by atoms with van der Waals surface area (Å²) in [4.78, 5) is 13.3. The van der Waals surface area contributed by atoms with Crippen molar-refractivity contribution in [2.45, 2.75) is 19.2 Å². The monoisotopic (exact) mass is 264 g/mol. The van der Waals surface area contributed by atoms with Gasteiger partial charge < -0.3 is 15.2 Å². The highest BCUT2D eigenvalue weighted by atomic mass is 16.5. The molecule has 19 heavy (non-hydrogen) atoms. The Labute approximate surface area is 113 Å². The summed E-state index contributed by atoms with van der Waals surface area (Å²) in [6.45, 7) is 3.29. The fourth-order valence-electron chi connectivity index (χ4n) is 2.41. The molecule has 1 heterocycles. The molecule has 0 aliphatic carbocycles. The zero-order valence-electron chi connectivity index (χ0n) is 11.1. The maximum absolute atomic E-state index is 11.3. The predicted octanol–water partition coefficient (Wildman–Crippen LogP) is 0.691. The summed E-state index contributed by atoms with van der Waals surface area (Å²) in [6.07, 6.45) is 0. The predicted molar refractivity (Wildman–Crippen MR) is 71.9 cm³/mol. The van der Waals surface area contributed by atoms with E-state index in [4.69, 9.17) is 4.74 Å². The van der Waals surface area contributed by atoms with Crippen LogP contribution in [0, 0.1) is 0 Å². The standard InChI is InChI=1S/C14H20N2O3/c1-19-10-12-5-3-2-4-11(12)9-16-7-6-15-8-13(16)14(17)18/h2-5,13,15H,6-10H2,1H3,(H,17,18). The van der Waals surface area contributed by atoms with Crippen LogP contribution >= 0.6 is 0 Å². The first kappa shape index (κ1) is 14.0. The number of ether oxygens (including phenoxy) is 1. The normalized spacial score (nSPS) is 20.4. The van der Waals surface area contributed by atoms with Crippen LogP contribution in [0.3, 0.4) is 0 Å². The highest BCUT2D eigenvalue weighted by Gasteiger charge is 2.28. The van der Waals surface area contributed by atoms with Gasteiger partial charge in [-0.2, -0.15) is 0 Å². The van der Waals surface area contributed by atoms with Crippen molar-refractivity contribution in [3.8, 4) is 0 Å². The van der Waals surface area contributed by atoms with Crippen molar-refractivity contribution in [2.75, 3.05) is 26.7 Å². The van der Waals surface area contributed by atoms with Crippen molar-refractivity contribution in [2.24, 2.45) is 0 Å². The van der Waals surface area contributed by atoms with Crippen molar-refractivity contribution in [3.63, 3.8) is 0 Å². The largest absolute Gasteiger partial charge is 0.480 e. The van der Waals surface area contributed by atoms with E-state index in [1.165, 1.54) is 0 Å². The number of nitrogens with zero attached hydrogens (tertiary/aromatic N) is 1. The number of piperazine rings is 1. The van der Waals surface area contributed by atoms with Gasteiger partial charge in [-0.15, -0.1) is 0 Å². The molecule has 1 atom stereocenters. The maximum atomic E-state index is 11.3. The summed E-state index contributed by atoms with van der Waals surface area (Å²) in [6, 6.07) is 7.56. The zero-order chi connectivity index (χ0) is 13.7. The topological polar surface area (TPSA) is 61.8 Å². The molecule has 1 aliphatic rings. The second-order valence-corrected chi connectivity index (χ2v) is 4.73. The number of methoxy groups -OCH3 is 1. The summed E-state index contributed by atoms with van der Waals surface area (Å²) in [5, 5.41) is 12.4. The molecule has 2 N–H and O–H groups in total. The highest BCUT2D eigenvalue weighted by molar-refractivity contribution is 5.74. The Hall–Kier alpha value is -1.43. The first-order valence-corrected chi connectivity index (χ1v) is 6.45. The van der Waals surface area contributed by atoms with Gasteiger partial charge in [0.1, 0.15) is 6.04 Å². The van der Waals surface area contributed by atoms with E-state index in [-0.39, 0.29) is 0 Å². The van der Waals surface area contributed by atoms with Crippen molar-refractivity contribution < 1.29 is 14.6 Å². The molecule has 0 amide bonds. The Kier molecular flexibility index (Phi) is 4.90. The number of nitrogens with one attached hydrogen (secondary N) is 1. The van der Waals surface area contributed by atoms with E-state index in [9.17, 15) is 9.90 Å². The fraction of sp³-hybridized carbons (Fsp3) is 0.500. The number of carboxylic acids is 1. The number of hydrogen-bond donors (Lipinski definition) is 2. The molecular formula is C14H20N2O3. The van der Waals surface area contributed by atoms with Gasteiger partial charge >= 0.3 is 5.97 Å². The summed E-state index contributed by atoms with van der Waals surface area (Å²) >= 11 is 0. The molecule has 1 aliphatic heterocycles. The average Bonchev–Trinajstić information content (AvgIpc) is 2.42. The molecule has 104 valence electrons. The molecule has 0 spiro atoms. The molecule has 0 saturated carbocycles. The van der Waals surface area contributed by atoms with E-state index in [2.05, 4.69) is 5.32 Å². The molecule has 5 nitrogen and oxygen atoms in total. The van der Waals surface area contributed by atoms with Crippen molar-refractivity contribution in [3.05, 3.63) is 35.4 Å². The van der Waals surface area contributed by atoms with Gasteiger partial charge in [0, 0.05) is 33.3 Å². The van der Waals surface area contributed by atoms with Gasteiger partial charge in [-0.1, -0.05) is 24.3 Å². The smallest absolute Gasteiger partial charge is 0.322 e. The van der Waals surface area contributed by atoms with Crippen molar-refractivity contribution >= 4 is 5.97 Å². The van der Waals surface area contributed by atoms with E-state index >= 15 is 0 Å². The maximum Gasteiger partial charge on any atom is 0.322 e. The highest BCUT2D eigenvalue weighted by Crippen LogP contribution is 2.15. The van der Waals surface area contributed by atoms with E-state index < -0.39 is 12.0 Å². The SMILES string of the molecule is COCc1ccccc1CN1CCNCC1C(=O)O. The number of carboxylic acid groups (broad SMARTS) is 1. The quantitative estimate of drug-likeness (QED) is 0.819. The third-order valence-corrected chi connectivity index (χ3v) is 3.43. The minimum absolute atomic E-state index is 0.454. The second-order valence-electron chi connectivity index (χ2n) is 4.73. The fourth-order valence-corrected chi connectivity index (χ4v) is 2.41. The number of hydrogen-bond acceptors (Lipinski definition) is 4. The number of carbonyl (C=O) groups is 1. The Morgan fingerprint density at radius 3 is 2.89 bits per heavy atom. The van der Waals surface area contributed by atoms with E-state index in [0.29, 0.717) is 19.7 Å². The van der Waals surface area contributed by atoms with Gasteiger partial charge in [0.2, 0.25) is 0 Å². The minimum atomic E-state index is -0.767. The number of aliphatic carboxylic acids is 1. The molecule has 1 fully saturated rings. The minimum Gasteiger partial charge on any atom is -0.480 e. The first-order chi connectivity index (χ1) is 9.22. The third-order valence-electron chi connectivity index (χ3n) is 3.43. The van der Waals surface area contributed by atoms with Gasteiger partial charge in [0.05, 0.1) is 6.61 Å². The van der Waals surface area contributed by atoms with Crippen LogP contribution in [0.4, 0.5) is 0 Å². The van der Waals surface area contributed by atoms with Crippen LogP contribution in [0.1, 0.15) is 11.1 Å². The molecule has 1 unspecified atom stereocenters. The Morgan fingerprint density at radius 2 is 2.21 bits per heavy atom. The van der Waals surface area contributed by atoms with E-state index in [1.807, 2.05) is 29.2 Å². The lowest BCUT2D eigenvalue weighted by Crippen LogP contribution is -2.54. The number of rotatable bonds is 5. The lowest BCUT2D eigenvalue weighted by atomic mass is 10.1. The molecule has 0 radical (unpaired) electrons. The molecule has 1 aromatic rings. The summed E-state index contributed by atoms with van der Waals surface area (Å²) in [7, 11) is 1.67. The van der Waals surface area contributed by atoms with Gasteiger partial charge in [0.15, 0.2) is 0 Å². The van der Waals surface area contributed by atoms with Crippen LogP contribution in [0.5, 0.6) is 0 Å². The lowest BCUT2D eigenvalue weighted by Gasteiger charge is -2.33. The van der Waals surface area contributed by atoms with Crippen LogP contribution < -0.4 is 5.32 Å². The molecule has 5 heteroatoms. The zero-order valence-corrected chi connectivity index (χ0v) is 11.1. The number of benzene rings is 1. The van der Waals surface area contributed by atoms with Gasteiger partial charge in [-0.3, -0.25) is 9.69 Å². The first-order valence-electron chi connectivity index (χ1n) is 6.45. The van der Waals surface area contributed by atoms with Crippen molar-refractivity contribution in [1.29, 1.82) is 0 Å². The molecule has 2 rings (SSSR count). The Balaban J connectivity index is 2.12. The van der Waals surface area contributed by atoms with E-state index in [0.717, 1.165) is 24.2 Å². The molecule has 0 bridgehead atoms. The molecule has 1 saturated heterocycles. The van der Waals surface area contributed by atoms with Crippen molar-refractivity contribution in [1.82, 2.24) is 10.2 Å². The van der Waals surface area contributed by atoms with Gasteiger partial charge in [0.25, 0.3) is 0 Å². The molecular weight excluding hydrogens is 244 g/mol. The van der Waals surface area contributed by atoms with E-state index in [1.54, 1.807) is 7.11 Å². The van der Waals surface area contributed by atoms with Crippen LogP contribution in [-0.4, -0.2) is 48.8 Å². The second kappa shape index (κ2) is 6.65. The third kappa shape index (κ3) is 3.53. The molecule has 1 aromatic carbocycles. The average molecular weight is 264 g/mol. The van der Waals surface area contributed by atoms with Crippen LogP contribution in [-0.2, 0) is 22.7 Å². The summed E-state index contributed by atoms with van der Waals surface area (Å²) in [5.41, 5.74) is 2.25. The van der Waals surface area contributed by atoms with Crippen LogP contribution in [0.25, 0.3) is 0 Å². The Morgan fingerprint density at radius 1 is 1.47 bits per heavy atom. The molecule has 0 aromatic heterocycles.